The maximum absolute atomic E-state index is 11.2. The van der Waals surface area contributed by atoms with Gasteiger partial charge in [-0.25, -0.2) is 0 Å². The molecule has 0 fully saturated rings. The highest BCUT2D eigenvalue weighted by Crippen LogP contribution is 2.04. The van der Waals surface area contributed by atoms with E-state index in [4.69, 9.17) is 5.73 Å². The summed E-state index contributed by atoms with van der Waals surface area (Å²) in [5.41, 5.74) is 5.68. The second-order valence-electron chi connectivity index (χ2n) is 3.50. The Bertz CT molecular complexity index is 162. The van der Waals surface area contributed by atoms with E-state index in [1.54, 1.807) is 0 Å². The summed E-state index contributed by atoms with van der Waals surface area (Å²) >= 11 is 0. The number of aliphatic hydroxyl groups excluding tert-OH is 1. The number of nitrogens with two attached hydrogens (primary N) is 1. The smallest absolute Gasteiger partial charge is 0.250 e. The summed E-state index contributed by atoms with van der Waals surface area (Å²) in [6.45, 7) is 4.44. The second kappa shape index (κ2) is 7.76. The minimum absolute atomic E-state index is 0.364. The molecule has 0 bridgehead atoms. The fraction of sp³-hybridized carbons (Fsp3) is 0.900. The van der Waals surface area contributed by atoms with Crippen molar-refractivity contribution in [2.75, 3.05) is 6.54 Å². The van der Waals surface area contributed by atoms with E-state index >= 15 is 0 Å². The lowest BCUT2D eigenvalue weighted by atomic mass is 10.0. The van der Waals surface area contributed by atoms with Crippen LogP contribution in [-0.2, 0) is 4.79 Å². The zero-order chi connectivity index (χ0) is 11.0. The van der Waals surface area contributed by atoms with Gasteiger partial charge in [0.1, 0.15) is 6.10 Å². The molecule has 4 nitrogen and oxygen atoms in total. The highest BCUT2D eigenvalue weighted by atomic mass is 16.3. The molecule has 0 aromatic heterocycles. The summed E-state index contributed by atoms with van der Waals surface area (Å²) in [6, 6.07) is -0.437. The molecule has 0 aliphatic heterocycles. The van der Waals surface area contributed by atoms with Crippen molar-refractivity contribution in [3.05, 3.63) is 0 Å². The van der Waals surface area contributed by atoms with Gasteiger partial charge in [0.05, 0.1) is 0 Å². The Hall–Kier alpha value is -0.610. The van der Waals surface area contributed by atoms with Crippen LogP contribution in [-0.4, -0.2) is 29.7 Å². The molecule has 1 amide bonds. The normalized spacial score (nSPS) is 14.9. The average molecular weight is 202 g/mol. The molecule has 2 unspecified atom stereocenters. The van der Waals surface area contributed by atoms with Crippen LogP contribution in [0, 0.1) is 0 Å². The van der Waals surface area contributed by atoms with Gasteiger partial charge in [-0.1, -0.05) is 26.2 Å². The van der Waals surface area contributed by atoms with Crippen molar-refractivity contribution in [2.24, 2.45) is 5.73 Å². The first-order chi connectivity index (χ1) is 6.63. The lowest BCUT2D eigenvalue weighted by Gasteiger charge is -2.17. The summed E-state index contributed by atoms with van der Waals surface area (Å²) in [6.07, 6.45) is 2.81. The first-order valence-corrected chi connectivity index (χ1v) is 5.34. The number of hydrogen-bond donors (Lipinski definition) is 3. The Kier molecular flexibility index (Phi) is 7.42. The Balaban J connectivity index is 3.74. The SMILES string of the molecule is CCCCCC(N)C(O)C(=O)NCC. The molecule has 0 saturated carbocycles. The molecule has 0 aromatic carbocycles. The highest BCUT2D eigenvalue weighted by molar-refractivity contribution is 5.81. The van der Waals surface area contributed by atoms with Crippen LogP contribution in [0.5, 0.6) is 0 Å². The van der Waals surface area contributed by atoms with Gasteiger partial charge < -0.3 is 16.2 Å². The van der Waals surface area contributed by atoms with Gasteiger partial charge in [-0.05, 0) is 13.3 Å². The molecule has 0 heterocycles. The molecular weight excluding hydrogens is 180 g/mol. The quantitative estimate of drug-likeness (QED) is 0.523. The Labute approximate surface area is 85.9 Å². The van der Waals surface area contributed by atoms with Gasteiger partial charge in [0.25, 0.3) is 0 Å². The van der Waals surface area contributed by atoms with E-state index in [0.29, 0.717) is 13.0 Å². The molecule has 14 heavy (non-hydrogen) atoms. The predicted molar refractivity (Wildman–Crippen MR) is 56.8 cm³/mol. The molecular formula is C10H22N2O2. The fourth-order valence-corrected chi connectivity index (χ4v) is 1.26. The first-order valence-electron chi connectivity index (χ1n) is 5.34. The number of amides is 1. The molecule has 0 radical (unpaired) electrons. The molecule has 84 valence electrons. The van der Waals surface area contributed by atoms with Gasteiger partial charge in [-0.3, -0.25) is 4.79 Å². The maximum Gasteiger partial charge on any atom is 0.250 e. The van der Waals surface area contributed by atoms with Crippen LogP contribution in [0.1, 0.15) is 39.5 Å². The Morgan fingerprint density at radius 1 is 1.43 bits per heavy atom. The van der Waals surface area contributed by atoms with E-state index in [-0.39, 0.29) is 5.91 Å². The summed E-state index contributed by atoms with van der Waals surface area (Å²) in [7, 11) is 0. The topological polar surface area (TPSA) is 75.3 Å². The lowest BCUT2D eigenvalue weighted by Crippen LogP contribution is -2.46. The van der Waals surface area contributed by atoms with Gasteiger partial charge in [0, 0.05) is 12.6 Å². The summed E-state index contributed by atoms with van der Waals surface area (Å²) in [4.78, 5) is 11.2. The van der Waals surface area contributed by atoms with Crippen molar-refractivity contribution in [1.82, 2.24) is 5.32 Å². The minimum Gasteiger partial charge on any atom is -0.382 e. The van der Waals surface area contributed by atoms with Crippen LogP contribution < -0.4 is 11.1 Å². The van der Waals surface area contributed by atoms with Gasteiger partial charge in [-0.15, -0.1) is 0 Å². The largest absolute Gasteiger partial charge is 0.382 e. The maximum atomic E-state index is 11.2. The van der Waals surface area contributed by atoms with Crippen molar-refractivity contribution < 1.29 is 9.90 Å². The third-order valence-electron chi connectivity index (χ3n) is 2.17. The monoisotopic (exact) mass is 202 g/mol. The third-order valence-corrected chi connectivity index (χ3v) is 2.17. The van der Waals surface area contributed by atoms with E-state index in [0.717, 1.165) is 19.3 Å². The van der Waals surface area contributed by atoms with E-state index in [1.807, 2.05) is 6.92 Å². The number of rotatable bonds is 7. The second-order valence-corrected chi connectivity index (χ2v) is 3.50. The van der Waals surface area contributed by atoms with Crippen molar-refractivity contribution in [1.29, 1.82) is 0 Å². The predicted octanol–water partition coefficient (Wildman–Crippen LogP) is 0.391. The summed E-state index contributed by atoms with van der Waals surface area (Å²) in [5, 5.41) is 12.0. The number of hydrogen-bond acceptors (Lipinski definition) is 3. The highest BCUT2D eigenvalue weighted by Gasteiger charge is 2.21. The van der Waals surface area contributed by atoms with Crippen LogP contribution in [0.2, 0.25) is 0 Å². The van der Waals surface area contributed by atoms with E-state index in [9.17, 15) is 9.90 Å². The molecule has 0 aromatic rings. The Morgan fingerprint density at radius 3 is 2.57 bits per heavy atom. The number of carbonyl (C=O) groups is 1. The lowest BCUT2D eigenvalue weighted by molar-refractivity contribution is -0.130. The molecule has 2 atom stereocenters. The van der Waals surface area contributed by atoms with Crippen LogP contribution in [0.25, 0.3) is 0 Å². The standard InChI is InChI=1S/C10H22N2O2/c1-3-5-6-7-8(11)9(13)10(14)12-4-2/h8-9,13H,3-7,11H2,1-2H3,(H,12,14). The molecule has 0 aliphatic carbocycles. The van der Waals surface area contributed by atoms with Crippen LogP contribution in [0.4, 0.5) is 0 Å². The van der Waals surface area contributed by atoms with Crippen molar-refractivity contribution in [2.45, 2.75) is 51.7 Å². The number of likely N-dealkylation sites (N-methyl/N-ethyl adjacent to an activating group) is 1. The van der Waals surface area contributed by atoms with Crippen molar-refractivity contribution in [3.8, 4) is 0 Å². The van der Waals surface area contributed by atoms with Crippen molar-refractivity contribution >= 4 is 5.91 Å². The van der Waals surface area contributed by atoms with Crippen LogP contribution in [0.15, 0.2) is 0 Å². The average Bonchev–Trinajstić information content (AvgIpc) is 2.17. The summed E-state index contributed by atoms with van der Waals surface area (Å²) < 4.78 is 0. The van der Waals surface area contributed by atoms with E-state index < -0.39 is 12.1 Å². The van der Waals surface area contributed by atoms with Crippen molar-refractivity contribution in [3.63, 3.8) is 0 Å². The first kappa shape index (κ1) is 13.4. The number of nitrogens with one attached hydrogen (secondary N) is 1. The van der Waals surface area contributed by atoms with Gasteiger partial charge in [0.2, 0.25) is 5.91 Å². The molecule has 0 saturated heterocycles. The zero-order valence-corrected chi connectivity index (χ0v) is 9.12. The van der Waals surface area contributed by atoms with E-state index in [2.05, 4.69) is 12.2 Å². The molecule has 4 N–H and O–H groups in total. The summed E-state index contributed by atoms with van der Waals surface area (Å²) in [5.74, 6) is -0.364. The molecule has 0 spiro atoms. The molecule has 0 rings (SSSR count). The van der Waals surface area contributed by atoms with E-state index in [1.165, 1.54) is 0 Å². The molecule has 0 aliphatic rings. The van der Waals surface area contributed by atoms with Gasteiger partial charge in [-0.2, -0.15) is 0 Å². The number of carbonyl (C=O) groups excluding carboxylic acids is 1. The van der Waals surface area contributed by atoms with Crippen LogP contribution in [0.3, 0.4) is 0 Å². The van der Waals surface area contributed by atoms with Crippen LogP contribution >= 0.6 is 0 Å². The fourth-order valence-electron chi connectivity index (χ4n) is 1.26. The Morgan fingerprint density at radius 2 is 2.07 bits per heavy atom. The zero-order valence-electron chi connectivity index (χ0n) is 9.12. The third kappa shape index (κ3) is 5.19. The molecule has 4 heteroatoms. The van der Waals surface area contributed by atoms with Gasteiger partial charge in [0.15, 0.2) is 0 Å². The minimum atomic E-state index is -1.06. The van der Waals surface area contributed by atoms with Gasteiger partial charge >= 0.3 is 0 Å². The number of aliphatic hydroxyl groups is 1. The number of unbranched alkanes of at least 4 members (excludes halogenated alkanes) is 2.